The number of amides is 1. The van der Waals surface area contributed by atoms with Crippen molar-refractivity contribution in [3.8, 4) is 0 Å². The van der Waals surface area contributed by atoms with E-state index in [1.54, 1.807) is 47.9 Å². The normalized spacial score (nSPS) is 11.0. The smallest absolute Gasteiger partial charge is 0.265 e. The molecule has 0 spiro atoms. The lowest BCUT2D eigenvalue weighted by Gasteiger charge is -2.08. The second kappa shape index (κ2) is 5.90. The molecule has 0 atom stereocenters. The van der Waals surface area contributed by atoms with Crippen LogP contribution >= 0.6 is 11.3 Å². The summed E-state index contributed by atoms with van der Waals surface area (Å²) in [4.78, 5) is 30.7. The molecule has 0 aliphatic rings. The molecule has 0 unspecified atom stereocenters. The first kappa shape index (κ1) is 14.6. The number of pyridine rings is 1. The molecule has 1 N–H and O–H groups in total. The van der Waals surface area contributed by atoms with Crippen molar-refractivity contribution >= 4 is 33.8 Å². The van der Waals surface area contributed by atoms with E-state index in [9.17, 15) is 9.59 Å². The fraction of sp³-hybridized carbons (Fsp3) is 0.0556. The molecule has 24 heavy (non-hydrogen) atoms. The average Bonchev–Trinajstić information content (AvgIpc) is 3.13. The zero-order valence-corrected chi connectivity index (χ0v) is 13.4. The largest absolute Gasteiger partial charge is 0.347 e. The topological polar surface area (TPSA) is 63.5 Å². The van der Waals surface area contributed by atoms with Crippen LogP contribution < -0.4 is 10.9 Å². The monoisotopic (exact) mass is 335 g/mol. The van der Waals surface area contributed by atoms with Gasteiger partial charge >= 0.3 is 0 Å². The molecule has 4 aromatic rings. The average molecular weight is 335 g/mol. The van der Waals surface area contributed by atoms with Gasteiger partial charge in [-0.1, -0.05) is 18.2 Å². The summed E-state index contributed by atoms with van der Waals surface area (Å²) in [7, 11) is 0. The summed E-state index contributed by atoms with van der Waals surface area (Å²) >= 11 is 1.58. The number of hydrogen-bond acceptors (Lipinski definition) is 4. The van der Waals surface area contributed by atoms with Gasteiger partial charge in [0.2, 0.25) is 0 Å². The molecule has 0 aliphatic carbocycles. The molecular weight excluding hydrogens is 322 g/mol. The number of hydrogen-bond donors (Lipinski definition) is 1. The summed E-state index contributed by atoms with van der Waals surface area (Å²) < 4.78 is 1.42. The lowest BCUT2D eigenvalue weighted by molar-refractivity contribution is 0.0952. The number of rotatable bonds is 3. The van der Waals surface area contributed by atoms with Crippen molar-refractivity contribution in [1.82, 2.24) is 14.7 Å². The van der Waals surface area contributed by atoms with Gasteiger partial charge in [0.25, 0.3) is 11.5 Å². The SMILES string of the molecule is O=C(NCc1cccs1)c1cccn2c(=O)c3ccccc3nc12. The number of carbonyl (C=O) groups is 1. The first-order valence-corrected chi connectivity index (χ1v) is 8.33. The molecule has 0 saturated carbocycles. The molecule has 118 valence electrons. The molecular formula is C18H13N3O2S. The Bertz CT molecular complexity index is 1100. The van der Waals surface area contributed by atoms with Crippen LogP contribution in [0.3, 0.4) is 0 Å². The molecule has 0 saturated heterocycles. The van der Waals surface area contributed by atoms with E-state index in [0.29, 0.717) is 28.7 Å². The van der Waals surface area contributed by atoms with E-state index in [0.717, 1.165) is 4.88 Å². The third kappa shape index (κ3) is 2.47. The van der Waals surface area contributed by atoms with E-state index < -0.39 is 0 Å². The van der Waals surface area contributed by atoms with Crippen LogP contribution in [0.1, 0.15) is 15.2 Å². The van der Waals surface area contributed by atoms with E-state index >= 15 is 0 Å². The van der Waals surface area contributed by atoms with E-state index in [4.69, 9.17) is 0 Å². The van der Waals surface area contributed by atoms with E-state index in [2.05, 4.69) is 10.3 Å². The van der Waals surface area contributed by atoms with Crippen LogP contribution in [-0.4, -0.2) is 15.3 Å². The van der Waals surface area contributed by atoms with Crippen LogP contribution in [0.2, 0.25) is 0 Å². The van der Waals surface area contributed by atoms with E-state index in [1.807, 2.05) is 23.6 Å². The number of para-hydroxylation sites is 1. The first-order valence-electron chi connectivity index (χ1n) is 7.45. The van der Waals surface area contributed by atoms with Crippen LogP contribution in [0.5, 0.6) is 0 Å². The number of nitrogens with zero attached hydrogens (tertiary/aromatic N) is 2. The molecule has 0 radical (unpaired) electrons. The lowest BCUT2D eigenvalue weighted by Crippen LogP contribution is -2.25. The Hall–Kier alpha value is -2.99. The molecule has 1 amide bonds. The molecule has 0 fully saturated rings. The standard InChI is InChI=1S/C18H13N3O2S/c22-17(19-11-12-5-4-10-24-12)14-7-3-9-21-16(14)20-15-8-2-1-6-13(15)18(21)23/h1-10H,11H2,(H,19,22). The Labute approximate surface area is 141 Å². The highest BCUT2D eigenvalue weighted by atomic mass is 32.1. The molecule has 3 heterocycles. The highest BCUT2D eigenvalue weighted by Gasteiger charge is 2.14. The fourth-order valence-corrected chi connectivity index (χ4v) is 3.27. The minimum atomic E-state index is -0.247. The van der Waals surface area contributed by atoms with Crippen molar-refractivity contribution in [2.45, 2.75) is 6.54 Å². The molecule has 4 rings (SSSR count). The Morgan fingerprint density at radius 3 is 2.83 bits per heavy atom. The van der Waals surface area contributed by atoms with Gasteiger partial charge in [0.15, 0.2) is 5.65 Å². The number of carbonyl (C=O) groups excluding carboxylic acids is 1. The van der Waals surface area contributed by atoms with Gasteiger partial charge in [0.1, 0.15) is 0 Å². The maximum atomic E-state index is 12.6. The third-order valence-electron chi connectivity index (χ3n) is 3.79. The summed E-state index contributed by atoms with van der Waals surface area (Å²) in [5.74, 6) is -0.247. The van der Waals surface area contributed by atoms with Crippen LogP contribution in [0.25, 0.3) is 16.6 Å². The Kier molecular flexibility index (Phi) is 3.59. The third-order valence-corrected chi connectivity index (χ3v) is 4.67. The summed E-state index contributed by atoms with van der Waals surface area (Å²) in [5.41, 5.74) is 1.16. The number of benzene rings is 1. The molecule has 1 aromatic carbocycles. The maximum absolute atomic E-state index is 12.6. The number of fused-ring (bicyclic) bond motifs is 2. The summed E-state index contributed by atoms with van der Waals surface area (Å²) in [6.07, 6.45) is 1.63. The van der Waals surface area contributed by atoms with Crippen molar-refractivity contribution < 1.29 is 4.79 Å². The predicted octanol–water partition coefficient (Wildman–Crippen LogP) is 2.84. The second-order valence-corrected chi connectivity index (χ2v) is 6.34. The minimum absolute atomic E-state index is 0.177. The van der Waals surface area contributed by atoms with Crippen LogP contribution in [-0.2, 0) is 6.54 Å². The van der Waals surface area contributed by atoms with Crippen molar-refractivity contribution in [3.05, 3.63) is 80.9 Å². The molecule has 0 bridgehead atoms. The van der Waals surface area contributed by atoms with Gasteiger partial charge in [0, 0.05) is 11.1 Å². The molecule has 3 aromatic heterocycles. The van der Waals surface area contributed by atoms with Gasteiger partial charge < -0.3 is 5.32 Å². The van der Waals surface area contributed by atoms with Crippen molar-refractivity contribution in [1.29, 1.82) is 0 Å². The molecule has 0 aliphatic heterocycles. The maximum Gasteiger partial charge on any atom is 0.265 e. The van der Waals surface area contributed by atoms with Gasteiger partial charge in [-0.3, -0.25) is 14.0 Å². The van der Waals surface area contributed by atoms with Gasteiger partial charge in [-0.25, -0.2) is 4.98 Å². The number of nitrogens with one attached hydrogen (secondary N) is 1. The second-order valence-electron chi connectivity index (χ2n) is 5.31. The quantitative estimate of drug-likeness (QED) is 0.586. The van der Waals surface area contributed by atoms with E-state index in [-0.39, 0.29) is 11.5 Å². The Morgan fingerprint density at radius 1 is 1.12 bits per heavy atom. The highest BCUT2D eigenvalue weighted by Crippen LogP contribution is 2.13. The highest BCUT2D eigenvalue weighted by molar-refractivity contribution is 7.09. The van der Waals surface area contributed by atoms with Gasteiger partial charge in [-0.2, -0.15) is 0 Å². The van der Waals surface area contributed by atoms with Crippen molar-refractivity contribution in [3.63, 3.8) is 0 Å². The van der Waals surface area contributed by atoms with Crippen LogP contribution in [0, 0.1) is 0 Å². The zero-order chi connectivity index (χ0) is 16.5. The van der Waals surface area contributed by atoms with Crippen LogP contribution in [0.4, 0.5) is 0 Å². The molecule has 6 heteroatoms. The predicted molar refractivity (Wildman–Crippen MR) is 94.5 cm³/mol. The fourth-order valence-electron chi connectivity index (χ4n) is 2.63. The zero-order valence-electron chi connectivity index (χ0n) is 12.6. The Balaban J connectivity index is 1.80. The summed E-state index contributed by atoms with van der Waals surface area (Å²) in [5, 5.41) is 5.38. The van der Waals surface area contributed by atoms with Gasteiger partial charge in [-0.05, 0) is 35.7 Å². The lowest BCUT2D eigenvalue weighted by atomic mass is 10.2. The summed E-state index contributed by atoms with van der Waals surface area (Å²) in [6.45, 7) is 0.454. The number of aromatic nitrogens is 2. The minimum Gasteiger partial charge on any atom is -0.347 e. The van der Waals surface area contributed by atoms with Crippen molar-refractivity contribution in [2.24, 2.45) is 0 Å². The van der Waals surface area contributed by atoms with Crippen LogP contribution in [0.15, 0.2) is 64.9 Å². The van der Waals surface area contributed by atoms with Crippen molar-refractivity contribution in [2.75, 3.05) is 0 Å². The molecule has 5 nitrogen and oxygen atoms in total. The van der Waals surface area contributed by atoms with Gasteiger partial charge in [0.05, 0.1) is 23.0 Å². The van der Waals surface area contributed by atoms with Gasteiger partial charge in [-0.15, -0.1) is 11.3 Å². The van der Waals surface area contributed by atoms with E-state index in [1.165, 1.54) is 4.40 Å². The Morgan fingerprint density at radius 2 is 2.00 bits per heavy atom. The number of thiophene rings is 1. The first-order chi connectivity index (χ1) is 11.7. The summed E-state index contributed by atoms with van der Waals surface area (Å²) in [6, 6.07) is 14.4.